The number of carbonyl (C=O) groups excluding carboxylic acids is 3. The Morgan fingerprint density at radius 2 is 0.493 bits per heavy atom. The van der Waals surface area contributed by atoms with Crippen LogP contribution in [0.15, 0.2) is 0 Å². The lowest BCUT2D eigenvalue weighted by Crippen LogP contribution is -2.30. The van der Waals surface area contributed by atoms with E-state index in [0.29, 0.717) is 19.3 Å². The van der Waals surface area contributed by atoms with E-state index in [1.807, 2.05) is 0 Å². The van der Waals surface area contributed by atoms with E-state index >= 15 is 0 Å². The number of esters is 3. The summed E-state index contributed by atoms with van der Waals surface area (Å²) in [4.78, 5) is 38.1. The van der Waals surface area contributed by atoms with Crippen LogP contribution < -0.4 is 0 Å². The molecule has 0 saturated carbocycles. The van der Waals surface area contributed by atoms with Crippen LogP contribution in [0.5, 0.6) is 0 Å². The van der Waals surface area contributed by atoms with Gasteiger partial charge in [-0.2, -0.15) is 0 Å². The lowest BCUT2D eigenvalue weighted by Gasteiger charge is -2.18. The van der Waals surface area contributed by atoms with Crippen molar-refractivity contribution in [2.24, 2.45) is 11.8 Å². The third-order valence-electron chi connectivity index (χ3n) is 14.0. The van der Waals surface area contributed by atoms with Crippen molar-refractivity contribution in [1.82, 2.24) is 0 Å². The van der Waals surface area contributed by atoms with Gasteiger partial charge in [0.1, 0.15) is 13.2 Å². The Labute approximate surface area is 418 Å². The molecule has 0 saturated heterocycles. The zero-order valence-corrected chi connectivity index (χ0v) is 46.0. The lowest BCUT2D eigenvalue weighted by atomic mass is 10.0. The summed E-state index contributed by atoms with van der Waals surface area (Å²) in [5, 5.41) is 0. The molecule has 0 bridgehead atoms. The maximum Gasteiger partial charge on any atom is 0.306 e. The molecule has 0 rings (SSSR count). The molecule has 0 aromatic rings. The molecule has 6 nitrogen and oxygen atoms in total. The summed E-state index contributed by atoms with van der Waals surface area (Å²) >= 11 is 0. The van der Waals surface area contributed by atoms with Crippen LogP contribution in [0.4, 0.5) is 0 Å². The van der Waals surface area contributed by atoms with Crippen molar-refractivity contribution in [1.29, 1.82) is 0 Å². The summed E-state index contributed by atoms with van der Waals surface area (Å²) < 4.78 is 16.9. The first-order valence-corrected chi connectivity index (χ1v) is 30.2. The number of hydrogen-bond acceptors (Lipinski definition) is 6. The minimum absolute atomic E-state index is 0.0630. The molecule has 398 valence electrons. The highest BCUT2D eigenvalue weighted by molar-refractivity contribution is 5.71. The summed E-state index contributed by atoms with van der Waals surface area (Å²) in [6.07, 6.45) is 58.3. The Morgan fingerprint density at radius 3 is 0.731 bits per heavy atom. The Kier molecular flexibility index (Phi) is 52.5. The molecule has 0 aliphatic carbocycles. The molecule has 0 N–H and O–H groups in total. The molecule has 0 spiro atoms. The highest BCUT2D eigenvalue weighted by Crippen LogP contribution is 2.19. The average Bonchev–Trinajstić information content (AvgIpc) is 3.30. The van der Waals surface area contributed by atoms with E-state index in [4.69, 9.17) is 14.2 Å². The molecular formula is C61H118O6. The molecule has 0 unspecified atom stereocenters. The van der Waals surface area contributed by atoms with Gasteiger partial charge in [-0.25, -0.2) is 0 Å². The largest absolute Gasteiger partial charge is 0.462 e. The standard InChI is InChI=1S/C61H118O6/c1-6-7-8-9-10-11-12-13-14-15-19-22-25-28-31-36-41-46-51-59(62)65-54-58(55-66-60(63)52-47-42-38-33-35-40-45-50-57(4)5)67-61(64)53-48-43-37-32-29-26-23-20-17-16-18-21-24-27-30-34-39-44-49-56(2)3/h56-58H,6-55H2,1-5H3/t58-/m1/s1. The van der Waals surface area contributed by atoms with Gasteiger partial charge in [-0.15, -0.1) is 0 Å². The first kappa shape index (κ1) is 65.4. The summed E-state index contributed by atoms with van der Waals surface area (Å²) in [5.41, 5.74) is 0. The quantitative estimate of drug-likeness (QED) is 0.0343. The van der Waals surface area contributed by atoms with Gasteiger partial charge in [0.05, 0.1) is 0 Å². The predicted octanol–water partition coefficient (Wildman–Crippen LogP) is 20.0. The van der Waals surface area contributed by atoms with Gasteiger partial charge in [-0.1, -0.05) is 304 Å². The first-order valence-electron chi connectivity index (χ1n) is 30.2. The maximum absolute atomic E-state index is 12.9. The number of ether oxygens (including phenoxy) is 3. The maximum atomic E-state index is 12.9. The summed E-state index contributed by atoms with van der Waals surface area (Å²) in [5.74, 6) is 0.799. The van der Waals surface area contributed by atoms with Gasteiger partial charge in [0, 0.05) is 19.3 Å². The summed E-state index contributed by atoms with van der Waals surface area (Å²) in [6, 6.07) is 0. The monoisotopic (exact) mass is 947 g/mol. The van der Waals surface area contributed by atoms with Crippen LogP contribution in [0.1, 0.15) is 343 Å². The normalized spacial score (nSPS) is 12.0. The molecule has 0 heterocycles. The zero-order chi connectivity index (χ0) is 48.9. The van der Waals surface area contributed by atoms with Crippen molar-refractivity contribution in [3.63, 3.8) is 0 Å². The zero-order valence-electron chi connectivity index (χ0n) is 46.0. The number of rotatable bonds is 55. The van der Waals surface area contributed by atoms with E-state index in [0.717, 1.165) is 69.6 Å². The summed E-state index contributed by atoms with van der Waals surface area (Å²) in [7, 11) is 0. The van der Waals surface area contributed by atoms with Gasteiger partial charge in [-0.3, -0.25) is 14.4 Å². The lowest BCUT2D eigenvalue weighted by molar-refractivity contribution is -0.167. The van der Waals surface area contributed by atoms with E-state index in [9.17, 15) is 14.4 Å². The molecular weight excluding hydrogens is 829 g/mol. The van der Waals surface area contributed by atoms with Crippen LogP contribution in [0.25, 0.3) is 0 Å². The van der Waals surface area contributed by atoms with Crippen molar-refractivity contribution in [3.05, 3.63) is 0 Å². The van der Waals surface area contributed by atoms with Gasteiger partial charge < -0.3 is 14.2 Å². The minimum Gasteiger partial charge on any atom is -0.462 e. The third kappa shape index (κ3) is 55.2. The predicted molar refractivity (Wildman–Crippen MR) is 289 cm³/mol. The smallest absolute Gasteiger partial charge is 0.306 e. The molecule has 0 aliphatic rings. The molecule has 0 amide bonds. The first-order chi connectivity index (χ1) is 32.7. The molecule has 67 heavy (non-hydrogen) atoms. The molecule has 0 aromatic heterocycles. The van der Waals surface area contributed by atoms with Gasteiger partial charge >= 0.3 is 17.9 Å². The average molecular weight is 948 g/mol. The Balaban J connectivity index is 4.21. The molecule has 0 aliphatic heterocycles. The highest BCUT2D eigenvalue weighted by Gasteiger charge is 2.19. The van der Waals surface area contributed by atoms with E-state index in [-0.39, 0.29) is 31.1 Å². The fourth-order valence-electron chi connectivity index (χ4n) is 9.40. The second-order valence-corrected chi connectivity index (χ2v) is 21.9. The van der Waals surface area contributed by atoms with Gasteiger partial charge in [0.15, 0.2) is 6.10 Å². The van der Waals surface area contributed by atoms with E-state index in [2.05, 4.69) is 34.6 Å². The SMILES string of the molecule is CCCCCCCCCCCCCCCCCCCCC(=O)OC[C@H](COC(=O)CCCCCCCCCC(C)C)OC(=O)CCCCCCCCCCCCCCCCCCCCC(C)C. The fourth-order valence-corrected chi connectivity index (χ4v) is 9.40. The van der Waals surface area contributed by atoms with Gasteiger partial charge in [-0.05, 0) is 31.1 Å². The molecule has 0 aromatic carbocycles. The number of carbonyl (C=O) groups is 3. The number of unbranched alkanes of at least 4 members (excludes halogenated alkanes) is 40. The third-order valence-corrected chi connectivity index (χ3v) is 14.0. The molecule has 6 heteroatoms. The van der Waals surface area contributed by atoms with Crippen molar-refractivity contribution < 1.29 is 28.6 Å². The summed E-state index contributed by atoms with van der Waals surface area (Å²) in [6.45, 7) is 11.4. The second-order valence-electron chi connectivity index (χ2n) is 21.9. The van der Waals surface area contributed by atoms with Gasteiger partial charge in [0.25, 0.3) is 0 Å². The fraction of sp³-hybridized carbons (Fsp3) is 0.951. The van der Waals surface area contributed by atoms with Crippen molar-refractivity contribution >= 4 is 17.9 Å². The highest BCUT2D eigenvalue weighted by atomic mass is 16.6. The van der Waals surface area contributed by atoms with Crippen LogP contribution in [-0.4, -0.2) is 37.2 Å². The van der Waals surface area contributed by atoms with Crippen LogP contribution in [0, 0.1) is 11.8 Å². The molecule has 0 fully saturated rings. The molecule has 1 atom stereocenters. The Morgan fingerprint density at radius 1 is 0.284 bits per heavy atom. The van der Waals surface area contributed by atoms with Crippen LogP contribution >= 0.6 is 0 Å². The van der Waals surface area contributed by atoms with E-state index in [1.54, 1.807) is 0 Å². The topological polar surface area (TPSA) is 78.9 Å². The van der Waals surface area contributed by atoms with Crippen LogP contribution in [0.2, 0.25) is 0 Å². The van der Waals surface area contributed by atoms with Crippen molar-refractivity contribution in [2.75, 3.05) is 13.2 Å². The minimum atomic E-state index is -0.763. The Hall–Kier alpha value is -1.59. The number of hydrogen-bond donors (Lipinski definition) is 0. The van der Waals surface area contributed by atoms with Crippen LogP contribution in [0.3, 0.4) is 0 Å². The molecule has 0 radical (unpaired) electrons. The van der Waals surface area contributed by atoms with E-state index in [1.165, 1.54) is 231 Å². The van der Waals surface area contributed by atoms with Gasteiger partial charge in [0.2, 0.25) is 0 Å². The van der Waals surface area contributed by atoms with Crippen molar-refractivity contribution in [2.45, 2.75) is 349 Å². The van der Waals surface area contributed by atoms with E-state index < -0.39 is 6.10 Å². The van der Waals surface area contributed by atoms with Crippen molar-refractivity contribution in [3.8, 4) is 0 Å². The van der Waals surface area contributed by atoms with Crippen LogP contribution in [-0.2, 0) is 28.6 Å². The second kappa shape index (κ2) is 53.8. The Bertz CT molecular complexity index is 1020.